The third kappa shape index (κ3) is 3.44. The zero-order valence-corrected chi connectivity index (χ0v) is 10.9. The molecule has 0 radical (unpaired) electrons. The highest BCUT2D eigenvalue weighted by Gasteiger charge is 2.31. The number of nitrogens with one attached hydrogen (secondary N) is 1. The molecule has 1 N–H and O–H groups in total. The summed E-state index contributed by atoms with van der Waals surface area (Å²) in [7, 11) is 0. The number of anilines is 2. The molecule has 0 aliphatic carbocycles. The Morgan fingerprint density at radius 2 is 1.84 bits per heavy atom. The molecule has 1 heterocycles. The van der Waals surface area contributed by atoms with Gasteiger partial charge in [0.25, 0.3) is 0 Å². The molecular weight excluding hydrogens is 328 g/mol. The van der Waals surface area contributed by atoms with Crippen molar-refractivity contribution in [1.29, 1.82) is 0 Å². The Morgan fingerprint density at radius 3 is 2.42 bits per heavy atom. The number of nitrogens with zero attached hydrogens (tertiary/aromatic N) is 1. The molecule has 2 nitrogen and oxygen atoms in total. The highest BCUT2D eigenvalue weighted by molar-refractivity contribution is 9.10. The van der Waals surface area contributed by atoms with Crippen molar-refractivity contribution in [2.24, 2.45) is 0 Å². The van der Waals surface area contributed by atoms with E-state index < -0.39 is 17.6 Å². The Kier molecular flexibility index (Phi) is 3.75. The van der Waals surface area contributed by atoms with Crippen LogP contribution in [0.15, 0.2) is 41.0 Å². The van der Waals surface area contributed by atoms with Crippen molar-refractivity contribution in [2.75, 3.05) is 5.32 Å². The van der Waals surface area contributed by atoms with Gasteiger partial charge in [-0.3, -0.25) is 0 Å². The number of pyridine rings is 1. The maximum Gasteiger partial charge on any atom is 0.416 e. The molecule has 0 unspecified atom stereocenters. The summed E-state index contributed by atoms with van der Waals surface area (Å²) in [4.78, 5) is 3.90. The fraction of sp³-hybridized carbons (Fsp3) is 0.0833. The van der Waals surface area contributed by atoms with Crippen LogP contribution in [0.4, 0.5) is 29.1 Å². The number of alkyl halides is 3. The minimum absolute atomic E-state index is 0.251. The molecule has 2 aromatic rings. The quantitative estimate of drug-likeness (QED) is 0.802. The van der Waals surface area contributed by atoms with E-state index in [4.69, 9.17) is 0 Å². The summed E-state index contributed by atoms with van der Waals surface area (Å²) >= 11 is 3.17. The van der Waals surface area contributed by atoms with Gasteiger partial charge in [-0.2, -0.15) is 13.2 Å². The van der Waals surface area contributed by atoms with E-state index in [1.165, 1.54) is 12.3 Å². The van der Waals surface area contributed by atoms with E-state index in [9.17, 15) is 17.6 Å². The number of hydrogen-bond donors (Lipinski definition) is 1. The lowest BCUT2D eigenvalue weighted by Gasteiger charge is -2.11. The SMILES string of the molecule is Fc1ccc(C(F)(F)F)cc1Nc1ccc(Br)cn1. The molecule has 0 saturated heterocycles. The lowest BCUT2D eigenvalue weighted by atomic mass is 10.2. The van der Waals surface area contributed by atoms with Gasteiger partial charge in [0.2, 0.25) is 0 Å². The molecule has 0 amide bonds. The van der Waals surface area contributed by atoms with Gasteiger partial charge in [0.05, 0.1) is 11.3 Å². The van der Waals surface area contributed by atoms with Gasteiger partial charge in [-0.05, 0) is 46.3 Å². The molecule has 100 valence electrons. The summed E-state index contributed by atoms with van der Waals surface area (Å²) in [6.07, 6.45) is -3.06. The molecule has 19 heavy (non-hydrogen) atoms. The van der Waals surface area contributed by atoms with Crippen LogP contribution in [0.25, 0.3) is 0 Å². The van der Waals surface area contributed by atoms with Crippen molar-refractivity contribution in [3.63, 3.8) is 0 Å². The van der Waals surface area contributed by atoms with Crippen molar-refractivity contribution < 1.29 is 17.6 Å². The normalized spacial score (nSPS) is 11.4. The molecule has 0 bridgehead atoms. The van der Waals surface area contributed by atoms with Gasteiger partial charge in [0, 0.05) is 10.7 Å². The van der Waals surface area contributed by atoms with E-state index in [0.29, 0.717) is 16.6 Å². The Morgan fingerprint density at radius 1 is 1.11 bits per heavy atom. The van der Waals surface area contributed by atoms with Gasteiger partial charge in [0.1, 0.15) is 11.6 Å². The molecule has 0 atom stereocenters. The minimum Gasteiger partial charge on any atom is -0.338 e. The lowest BCUT2D eigenvalue weighted by Crippen LogP contribution is -2.06. The topological polar surface area (TPSA) is 24.9 Å². The Balaban J connectivity index is 2.31. The first-order valence-corrected chi connectivity index (χ1v) is 5.91. The number of halogens is 5. The van der Waals surface area contributed by atoms with Gasteiger partial charge in [0.15, 0.2) is 0 Å². The van der Waals surface area contributed by atoms with Crippen LogP contribution in [0, 0.1) is 5.82 Å². The first kappa shape index (κ1) is 13.8. The highest BCUT2D eigenvalue weighted by Crippen LogP contribution is 2.32. The first-order valence-electron chi connectivity index (χ1n) is 5.11. The Labute approximate surface area is 114 Å². The molecule has 0 fully saturated rings. The fourth-order valence-electron chi connectivity index (χ4n) is 1.39. The number of rotatable bonds is 2. The van der Waals surface area contributed by atoms with Crippen LogP contribution in [-0.2, 0) is 6.18 Å². The number of hydrogen-bond acceptors (Lipinski definition) is 2. The zero-order valence-electron chi connectivity index (χ0n) is 9.30. The summed E-state index contributed by atoms with van der Waals surface area (Å²) < 4.78 is 51.7. The maximum absolute atomic E-state index is 13.5. The third-order valence-electron chi connectivity index (χ3n) is 2.28. The van der Waals surface area contributed by atoms with Gasteiger partial charge in [-0.25, -0.2) is 9.37 Å². The Hall–Kier alpha value is -1.63. The smallest absolute Gasteiger partial charge is 0.338 e. The monoisotopic (exact) mass is 334 g/mol. The molecule has 1 aromatic heterocycles. The summed E-state index contributed by atoms with van der Waals surface area (Å²) in [6, 6.07) is 5.32. The molecule has 0 spiro atoms. The maximum atomic E-state index is 13.5. The van der Waals surface area contributed by atoms with Crippen LogP contribution in [0.1, 0.15) is 5.56 Å². The van der Waals surface area contributed by atoms with Crippen molar-refractivity contribution in [3.8, 4) is 0 Å². The van der Waals surface area contributed by atoms with Crippen LogP contribution >= 0.6 is 15.9 Å². The second kappa shape index (κ2) is 5.16. The van der Waals surface area contributed by atoms with Crippen LogP contribution in [-0.4, -0.2) is 4.98 Å². The summed E-state index contributed by atoms with van der Waals surface area (Å²) in [5.41, 5.74) is -1.20. The van der Waals surface area contributed by atoms with Crippen molar-refractivity contribution in [1.82, 2.24) is 4.98 Å². The van der Waals surface area contributed by atoms with Crippen LogP contribution < -0.4 is 5.32 Å². The number of benzene rings is 1. The van der Waals surface area contributed by atoms with E-state index in [1.54, 1.807) is 6.07 Å². The van der Waals surface area contributed by atoms with Crippen molar-refractivity contribution in [2.45, 2.75) is 6.18 Å². The van der Waals surface area contributed by atoms with Gasteiger partial charge in [-0.1, -0.05) is 0 Å². The zero-order chi connectivity index (χ0) is 14.0. The standard InChI is InChI=1S/C12H7BrF4N2/c13-8-2-4-11(18-6-8)19-10-5-7(12(15,16)17)1-3-9(10)14/h1-6H,(H,18,19). The van der Waals surface area contributed by atoms with Gasteiger partial charge >= 0.3 is 6.18 Å². The summed E-state index contributed by atoms with van der Waals surface area (Å²) in [5.74, 6) is -0.529. The fourth-order valence-corrected chi connectivity index (χ4v) is 1.62. The van der Waals surface area contributed by atoms with Crippen LogP contribution in [0.5, 0.6) is 0 Å². The van der Waals surface area contributed by atoms with E-state index in [2.05, 4.69) is 26.2 Å². The average molecular weight is 335 g/mol. The summed E-state index contributed by atoms with van der Waals surface area (Å²) in [5, 5.41) is 2.50. The second-order valence-electron chi connectivity index (χ2n) is 3.68. The van der Waals surface area contributed by atoms with E-state index in [-0.39, 0.29) is 11.5 Å². The van der Waals surface area contributed by atoms with Crippen LogP contribution in [0.2, 0.25) is 0 Å². The Bertz CT molecular complexity index is 581. The molecule has 1 aromatic carbocycles. The number of aromatic nitrogens is 1. The van der Waals surface area contributed by atoms with E-state index in [1.807, 2.05) is 0 Å². The van der Waals surface area contributed by atoms with E-state index >= 15 is 0 Å². The van der Waals surface area contributed by atoms with Crippen LogP contribution in [0.3, 0.4) is 0 Å². The molecule has 0 saturated carbocycles. The summed E-state index contributed by atoms with van der Waals surface area (Å²) in [6.45, 7) is 0. The molecule has 7 heteroatoms. The molecule has 2 rings (SSSR count). The van der Waals surface area contributed by atoms with Gasteiger partial charge in [-0.15, -0.1) is 0 Å². The largest absolute Gasteiger partial charge is 0.416 e. The van der Waals surface area contributed by atoms with Crippen molar-refractivity contribution >= 4 is 27.4 Å². The van der Waals surface area contributed by atoms with Gasteiger partial charge < -0.3 is 5.32 Å². The predicted molar refractivity (Wildman–Crippen MR) is 66.6 cm³/mol. The lowest BCUT2D eigenvalue weighted by molar-refractivity contribution is -0.137. The van der Waals surface area contributed by atoms with E-state index in [0.717, 1.165) is 6.07 Å². The first-order chi connectivity index (χ1) is 8.86. The second-order valence-corrected chi connectivity index (χ2v) is 4.59. The van der Waals surface area contributed by atoms with Crippen molar-refractivity contribution in [3.05, 3.63) is 52.4 Å². The molecule has 0 aliphatic heterocycles. The average Bonchev–Trinajstić information content (AvgIpc) is 2.33. The molecular formula is C12H7BrF4N2. The third-order valence-corrected chi connectivity index (χ3v) is 2.75. The minimum atomic E-state index is -4.52. The molecule has 0 aliphatic rings. The predicted octanol–water partition coefficient (Wildman–Crippen LogP) is 4.75. The highest BCUT2D eigenvalue weighted by atomic mass is 79.9.